The summed E-state index contributed by atoms with van der Waals surface area (Å²) in [5.74, 6) is -1.84. The Hall–Kier alpha value is -3.03. The number of fused-ring (bicyclic) bond motifs is 1. The van der Waals surface area contributed by atoms with Gasteiger partial charge in [0.15, 0.2) is 5.82 Å². The van der Waals surface area contributed by atoms with Crippen molar-refractivity contribution in [3.8, 4) is 11.1 Å². The predicted octanol–water partition coefficient (Wildman–Crippen LogP) is 1.81. The summed E-state index contributed by atoms with van der Waals surface area (Å²) in [6, 6.07) is 1.10. The van der Waals surface area contributed by atoms with E-state index in [1.165, 1.54) is 17.3 Å². The van der Waals surface area contributed by atoms with Crippen LogP contribution in [0.2, 0.25) is 0 Å². The monoisotopic (exact) mass is 316 g/mol. The third kappa shape index (κ3) is 2.59. The molecule has 3 N–H and O–H groups in total. The zero-order chi connectivity index (χ0) is 16.6. The number of nitrogens with two attached hydrogens (primary N) is 1. The Morgan fingerprint density at radius 1 is 1.30 bits per heavy atom. The molecule has 0 spiro atoms. The van der Waals surface area contributed by atoms with Gasteiger partial charge >= 0.3 is 12.0 Å². The van der Waals surface area contributed by atoms with Crippen LogP contribution in [-0.2, 0) is 6.42 Å². The van der Waals surface area contributed by atoms with Crippen molar-refractivity contribution in [1.82, 2.24) is 9.97 Å². The summed E-state index contributed by atoms with van der Waals surface area (Å²) in [6.07, 6.45) is 4.92. The van der Waals surface area contributed by atoms with Gasteiger partial charge in [-0.3, -0.25) is 9.88 Å². The number of aromatic carboxylic acids is 1. The molecule has 0 fully saturated rings. The molecule has 0 atom stereocenters. The Bertz CT molecular complexity index is 809. The maximum absolute atomic E-state index is 13.8. The van der Waals surface area contributed by atoms with Crippen LogP contribution in [0.15, 0.2) is 24.7 Å². The molecule has 0 unspecified atom stereocenters. The van der Waals surface area contributed by atoms with E-state index in [0.29, 0.717) is 30.8 Å². The van der Waals surface area contributed by atoms with Crippen molar-refractivity contribution in [2.45, 2.75) is 12.8 Å². The molecule has 3 heterocycles. The lowest BCUT2D eigenvalue weighted by Crippen LogP contribution is -2.40. The molecule has 2 aromatic rings. The average molecular weight is 316 g/mol. The number of hydrogen-bond donors (Lipinski definition) is 2. The Kier molecular flexibility index (Phi) is 3.65. The molecule has 0 saturated carbocycles. The smallest absolute Gasteiger partial charge is 0.339 e. The van der Waals surface area contributed by atoms with Crippen LogP contribution in [0.1, 0.15) is 22.3 Å². The number of halogens is 1. The molecular formula is C15H13FN4O3. The van der Waals surface area contributed by atoms with Crippen LogP contribution in [0.3, 0.4) is 0 Å². The second-order valence-electron chi connectivity index (χ2n) is 5.15. The van der Waals surface area contributed by atoms with Gasteiger partial charge in [0, 0.05) is 30.1 Å². The number of anilines is 1. The largest absolute Gasteiger partial charge is 0.478 e. The van der Waals surface area contributed by atoms with E-state index in [1.807, 2.05) is 0 Å². The predicted molar refractivity (Wildman–Crippen MR) is 79.6 cm³/mol. The van der Waals surface area contributed by atoms with Gasteiger partial charge in [-0.1, -0.05) is 0 Å². The van der Waals surface area contributed by atoms with Gasteiger partial charge in [0.05, 0.1) is 6.20 Å². The maximum Gasteiger partial charge on any atom is 0.339 e. The lowest BCUT2D eigenvalue weighted by atomic mass is 9.98. The van der Waals surface area contributed by atoms with Crippen molar-refractivity contribution >= 4 is 17.8 Å². The van der Waals surface area contributed by atoms with E-state index in [4.69, 9.17) is 5.73 Å². The fourth-order valence-electron chi connectivity index (χ4n) is 2.70. The number of rotatable bonds is 2. The van der Waals surface area contributed by atoms with E-state index in [-0.39, 0.29) is 5.56 Å². The fourth-order valence-corrected chi connectivity index (χ4v) is 2.70. The molecule has 118 valence electrons. The normalized spacial score (nSPS) is 13.5. The number of carboxylic acids is 1. The number of aryl methyl sites for hydroxylation is 1. The summed E-state index contributed by atoms with van der Waals surface area (Å²) in [4.78, 5) is 32.0. The molecule has 0 radical (unpaired) electrons. The van der Waals surface area contributed by atoms with Crippen molar-refractivity contribution in [2.24, 2.45) is 5.73 Å². The SMILES string of the molecule is NC(=O)N1CCCc2cc(-c3cncc(F)c3C(=O)O)cnc21. The lowest BCUT2D eigenvalue weighted by molar-refractivity contribution is 0.0692. The first-order valence-corrected chi connectivity index (χ1v) is 6.92. The van der Waals surface area contributed by atoms with Gasteiger partial charge in [-0.05, 0) is 24.5 Å². The van der Waals surface area contributed by atoms with Crippen LogP contribution in [0, 0.1) is 5.82 Å². The first-order chi connectivity index (χ1) is 11.0. The third-order valence-corrected chi connectivity index (χ3v) is 3.72. The van der Waals surface area contributed by atoms with Gasteiger partial charge in [0.1, 0.15) is 11.4 Å². The highest BCUT2D eigenvalue weighted by molar-refractivity contribution is 5.96. The molecular weight excluding hydrogens is 303 g/mol. The minimum Gasteiger partial charge on any atom is -0.478 e. The topological polar surface area (TPSA) is 109 Å². The molecule has 0 bridgehead atoms. The Balaban J connectivity index is 2.12. The molecule has 7 nitrogen and oxygen atoms in total. The molecule has 0 saturated heterocycles. The summed E-state index contributed by atoms with van der Waals surface area (Å²) >= 11 is 0. The van der Waals surface area contributed by atoms with Crippen LogP contribution < -0.4 is 10.6 Å². The number of carboxylic acid groups (broad SMARTS) is 1. The van der Waals surface area contributed by atoms with Gasteiger partial charge in [-0.15, -0.1) is 0 Å². The molecule has 2 amide bonds. The van der Waals surface area contributed by atoms with Gasteiger partial charge in [0.25, 0.3) is 0 Å². The van der Waals surface area contributed by atoms with E-state index in [9.17, 15) is 19.1 Å². The number of urea groups is 1. The molecule has 0 aromatic carbocycles. The van der Waals surface area contributed by atoms with Crippen molar-refractivity contribution in [1.29, 1.82) is 0 Å². The number of primary amides is 1. The second kappa shape index (κ2) is 5.64. The quantitative estimate of drug-likeness (QED) is 0.878. The average Bonchev–Trinajstić information content (AvgIpc) is 2.53. The van der Waals surface area contributed by atoms with Crippen LogP contribution in [0.4, 0.5) is 15.0 Å². The first kappa shape index (κ1) is 14.9. The Labute approximate surface area is 130 Å². The van der Waals surface area contributed by atoms with Crippen molar-refractivity contribution < 1.29 is 19.1 Å². The number of amides is 2. The van der Waals surface area contributed by atoms with Gasteiger partial charge in [-0.2, -0.15) is 0 Å². The molecule has 1 aliphatic rings. The highest BCUT2D eigenvalue weighted by Gasteiger charge is 2.24. The number of pyridine rings is 2. The van der Waals surface area contributed by atoms with E-state index >= 15 is 0 Å². The van der Waals surface area contributed by atoms with Crippen molar-refractivity contribution in [2.75, 3.05) is 11.4 Å². The molecule has 8 heteroatoms. The van der Waals surface area contributed by atoms with Crippen LogP contribution >= 0.6 is 0 Å². The minimum atomic E-state index is -1.38. The van der Waals surface area contributed by atoms with Gasteiger partial charge in [-0.25, -0.2) is 19.0 Å². The van der Waals surface area contributed by atoms with E-state index < -0.39 is 23.4 Å². The van der Waals surface area contributed by atoms with Crippen LogP contribution in [0.5, 0.6) is 0 Å². The molecule has 1 aliphatic heterocycles. The lowest BCUT2D eigenvalue weighted by Gasteiger charge is -2.27. The minimum absolute atomic E-state index is 0.143. The Morgan fingerprint density at radius 3 is 2.78 bits per heavy atom. The molecule has 23 heavy (non-hydrogen) atoms. The van der Waals surface area contributed by atoms with Crippen molar-refractivity contribution in [3.05, 3.63) is 41.6 Å². The van der Waals surface area contributed by atoms with E-state index in [2.05, 4.69) is 9.97 Å². The van der Waals surface area contributed by atoms with Crippen molar-refractivity contribution in [3.63, 3.8) is 0 Å². The number of carbonyl (C=O) groups excluding carboxylic acids is 1. The Morgan fingerprint density at radius 2 is 2.09 bits per heavy atom. The third-order valence-electron chi connectivity index (χ3n) is 3.72. The summed E-state index contributed by atoms with van der Waals surface area (Å²) in [5.41, 5.74) is 6.20. The first-order valence-electron chi connectivity index (χ1n) is 6.92. The maximum atomic E-state index is 13.8. The highest BCUT2D eigenvalue weighted by Crippen LogP contribution is 2.31. The standard InChI is InChI=1S/C15H13FN4O3/c16-11-7-18-6-10(12(11)14(21)22)9-4-8-2-1-3-20(15(17)23)13(8)19-5-9/h4-7H,1-3H2,(H2,17,23)(H,21,22). The van der Waals surface area contributed by atoms with E-state index in [1.54, 1.807) is 6.07 Å². The summed E-state index contributed by atoms with van der Waals surface area (Å²) in [6.45, 7) is 0.483. The van der Waals surface area contributed by atoms with Gasteiger partial charge < -0.3 is 10.8 Å². The zero-order valence-electron chi connectivity index (χ0n) is 12.0. The van der Waals surface area contributed by atoms with Crippen LogP contribution in [0.25, 0.3) is 11.1 Å². The van der Waals surface area contributed by atoms with E-state index in [0.717, 1.165) is 11.8 Å². The molecule has 2 aromatic heterocycles. The number of aromatic nitrogens is 2. The zero-order valence-corrected chi connectivity index (χ0v) is 12.0. The molecule has 3 rings (SSSR count). The number of hydrogen-bond acceptors (Lipinski definition) is 4. The van der Waals surface area contributed by atoms with Crippen LogP contribution in [-0.4, -0.2) is 33.6 Å². The summed E-state index contributed by atoms with van der Waals surface area (Å²) < 4.78 is 13.8. The number of carbonyl (C=O) groups is 2. The highest BCUT2D eigenvalue weighted by atomic mass is 19.1. The fraction of sp³-hybridized carbons (Fsp3) is 0.200. The summed E-state index contributed by atoms with van der Waals surface area (Å²) in [7, 11) is 0. The summed E-state index contributed by atoms with van der Waals surface area (Å²) in [5, 5.41) is 9.20. The molecule has 0 aliphatic carbocycles. The number of nitrogens with zero attached hydrogens (tertiary/aromatic N) is 3. The second-order valence-corrected chi connectivity index (χ2v) is 5.15. The van der Waals surface area contributed by atoms with Gasteiger partial charge in [0.2, 0.25) is 0 Å².